The van der Waals surface area contributed by atoms with E-state index in [1.807, 2.05) is 34.1 Å². The predicted molar refractivity (Wildman–Crippen MR) is 267 cm³/mol. The number of carbonyl (C=O) groups excluding carboxylic acids is 1. The van der Waals surface area contributed by atoms with Crippen LogP contribution >= 0.6 is 7.82 Å². The maximum absolute atomic E-state index is 12.9. The Kier molecular flexibility index (Phi) is 43.5. The van der Waals surface area contributed by atoms with Gasteiger partial charge in [0, 0.05) is 6.42 Å². The minimum atomic E-state index is -4.35. The molecule has 0 aromatic heterocycles. The van der Waals surface area contributed by atoms with Gasteiger partial charge in [0.05, 0.1) is 39.9 Å². The summed E-state index contributed by atoms with van der Waals surface area (Å²) in [7, 11) is 1.54. The van der Waals surface area contributed by atoms with Crippen LogP contribution in [0.1, 0.15) is 232 Å². The summed E-state index contributed by atoms with van der Waals surface area (Å²) in [4.78, 5) is 23.1. The molecule has 0 bridgehead atoms. The van der Waals surface area contributed by atoms with Gasteiger partial charge in [-0.3, -0.25) is 13.8 Å². The summed E-state index contributed by atoms with van der Waals surface area (Å²) in [5.74, 6) is -0.193. The van der Waals surface area contributed by atoms with Gasteiger partial charge in [0.25, 0.3) is 0 Å². The zero-order valence-electron chi connectivity index (χ0n) is 41.4. The van der Waals surface area contributed by atoms with E-state index in [1.54, 1.807) is 6.08 Å². The molecule has 0 aliphatic heterocycles. The van der Waals surface area contributed by atoms with Crippen LogP contribution in [-0.4, -0.2) is 73.4 Å². The van der Waals surface area contributed by atoms with Crippen molar-refractivity contribution in [3.63, 3.8) is 0 Å². The fraction of sp³-hybridized carbons (Fsp3) is 0.830. The van der Waals surface area contributed by atoms with Crippen LogP contribution in [0.5, 0.6) is 0 Å². The summed E-state index contributed by atoms with van der Waals surface area (Å²) < 4.78 is 23.5. The zero-order chi connectivity index (χ0) is 45.7. The van der Waals surface area contributed by atoms with Crippen LogP contribution in [0.25, 0.3) is 0 Å². The molecule has 0 aromatic carbocycles. The summed E-state index contributed by atoms with van der Waals surface area (Å²) in [6.07, 6.45) is 58.3. The van der Waals surface area contributed by atoms with Crippen molar-refractivity contribution in [3.8, 4) is 0 Å². The number of quaternary nitrogens is 1. The molecule has 0 aliphatic rings. The van der Waals surface area contributed by atoms with Crippen molar-refractivity contribution in [3.05, 3.63) is 48.6 Å². The van der Waals surface area contributed by atoms with E-state index in [2.05, 4.69) is 48.7 Å². The first-order chi connectivity index (χ1) is 30.0. The van der Waals surface area contributed by atoms with Gasteiger partial charge in [0.1, 0.15) is 13.2 Å². The molecule has 3 atom stereocenters. The lowest BCUT2D eigenvalue weighted by Gasteiger charge is -2.25. The Morgan fingerprint density at radius 2 is 0.952 bits per heavy atom. The number of nitrogens with one attached hydrogen (secondary N) is 1. The summed E-state index contributed by atoms with van der Waals surface area (Å²) >= 11 is 0. The van der Waals surface area contributed by atoms with Crippen molar-refractivity contribution in [1.82, 2.24) is 5.32 Å². The molecule has 3 unspecified atom stereocenters. The molecule has 0 saturated carbocycles. The zero-order valence-corrected chi connectivity index (χ0v) is 42.3. The Hall–Kier alpha value is -1.54. The average Bonchev–Trinajstić information content (AvgIpc) is 3.23. The number of rotatable bonds is 47. The van der Waals surface area contributed by atoms with Gasteiger partial charge in [-0.2, -0.15) is 0 Å². The Morgan fingerprint density at radius 1 is 0.565 bits per heavy atom. The van der Waals surface area contributed by atoms with E-state index in [4.69, 9.17) is 9.05 Å². The molecule has 0 heterocycles. The maximum atomic E-state index is 12.9. The Bertz CT molecular complexity index is 1150. The van der Waals surface area contributed by atoms with Gasteiger partial charge >= 0.3 is 7.82 Å². The van der Waals surface area contributed by atoms with Gasteiger partial charge in [-0.15, -0.1) is 0 Å². The molecule has 1 amide bonds. The minimum absolute atomic E-state index is 0.0528. The highest BCUT2D eigenvalue weighted by atomic mass is 31.2. The topological polar surface area (TPSA) is 105 Å². The Labute approximate surface area is 384 Å². The van der Waals surface area contributed by atoms with Crippen LogP contribution < -0.4 is 5.32 Å². The van der Waals surface area contributed by atoms with Crippen molar-refractivity contribution >= 4 is 13.7 Å². The van der Waals surface area contributed by atoms with E-state index in [-0.39, 0.29) is 19.1 Å². The molecule has 0 saturated heterocycles. The number of allylic oxidation sites excluding steroid dienone is 7. The standard InChI is InChI=1S/C53H101N2O6P/c1-6-8-10-12-14-16-17-18-19-20-21-22-23-24-25-26-27-28-29-30-31-32-33-34-35-36-37-39-41-43-45-47-53(57)54-51(50-61-62(58,59)60-49-48-55(3,4)5)52(56)46-44-42-40-38-15-13-11-9-7-2/h7,9,15,24-25,38,44,46,51-52,56H,6,8,10-14,16-23,26-37,39-43,45,47-50H2,1-5H3,(H-,54,57,58,59)/p+1/b9-7+,25-24-,38-15+,46-44+. The second kappa shape index (κ2) is 44.7. The summed E-state index contributed by atoms with van der Waals surface area (Å²) in [5, 5.41) is 13.7. The number of hydrogen-bond acceptors (Lipinski definition) is 5. The number of nitrogens with zero attached hydrogens (tertiary/aromatic N) is 1. The number of likely N-dealkylation sites (N-methyl/N-ethyl adjacent to an activating group) is 1. The first-order valence-electron chi connectivity index (χ1n) is 26.0. The molecule has 62 heavy (non-hydrogen) atoms. The van der Waals surface area contributed by atoms with E-state index < -0.39 is 20.0 Å². The van der Waals surface area contributed by atoms with E-state index in [0.717, 1.165) is 44.9 Å². The lowest BCUT2D eigenvalue weighted by atomic mass is 10.0. The predicted octanol–water partition coefficient (Wildman–Crippen LogP) is 15.2. The van der Waals surface area contributed by atoms with Gasteiger partial charge in [0.15, 0.2) is 0 Å². The molecular formula is C53H102N2O6P+. The highest BCUT2D eigenvalue weighted by Gasteiger charge is 2.27. The van der Waals surface area contributed by atoms with Crippen LogP contribution in [0.3, 0.4) is 0 Å². The first kappa shape index (κ1) is 60.5. The van der Waals surface area contributed by atoms with E-state index in [1.165, 1.54) is 167 Å². The quantitative estimate of drug-likeness (QED) is 0.0243. The normalized spacial score (nSPS) is 14.5. The molecular weight excluding hydrogens is 792 g/mol. The number of hydrogen-bond donors (Lipinski definition) is 3. The Morgan fingerprint density at radius 3 is 1.39 bits per heavy atom. The number of unbranched alkanes of at least 4 members (excludes halogenated alkanes) is 29. The third-order valence-corrected chi connectivity index (χ3v) is 12.6. The van der Waals surface area contributed by atoms with Crippen molar-refractivity contribution in [2.45, 2.75) is 244 Å². The molecule has 0 fully saturated rings. The fourth-order valence-electron chi connectivity index (χ4n) is 7.49. The van der Waals surface area contributed by atoms with Crippen LogP contribution in [0, 0.1) is 0 Å². The molecule has 3 N–H and O–H groups in total. The molecule has 9 heteroatoms. The van der Waals surface area contributed by atoms with E-state index >= 15 is 0 Å². The number of phosphoric ester groups is 1. The third-order valence-electron chi connectivity index (χ3n) is 11.6. The minimum Gasteiger partial charge on any atom is -0.387 e. The van der Waals surface area contributed by atoms with Crippen LogP contribution in [0.4, 0.5) is 0 Å². The van der Waals surface area contributed by atoms with Gasteiger partial charge in [-0.05, 0) is 64.7 Å². The molecule has 0 aliphatic carbocycles. The molecule has 0 rings (SSSR count). The van der Waals surface area contributed by atoms with Gasteiger partial charge in [-0.1, -0.05) is 210 Å². The number of aliphatic hydroxyl groups excluding tert-OH is 1. The number of carbonyl (C=O) groups is 1. The van der Waals surface area contributed by atoms with Crippen molar-refractivity contribution in [1.29, 1.82) is 0 Å². The third kappa shape index (κ3) is 46.5. The maximum Gasteiger partial charge on any atom is 0.472 e. The summed E-state index contributed by atoms with van der Waals surface area (Å²) in [6, 6.07) is -0.867. The number of aliphatic hydroxyl groups is 1. The van der Waals surface area contributed by atoms with Crippen LogP contribution in [-0.2, 0) is 18.4 Å². The highest BCUT2D eigenvalue weighted by molar-refractivity contribution is 7.47. The number of amides is 1. The smallest absolute Gasteiger partial charge is 0.387 e. The van der Waals surface area contributed by atoms with Gasteiger partial charge < -0.3 is 19.8 Å². The fourth-order valence-corrected chi connectivity index (χ4v) is 8.22. The molecule has 0 spiro atoms. The lowest BCUT2D eigenvalue weighted by Crippen LogP contribution is -2.45. The SMILES string of the molecule is C/C=C/CC/C=C/CC/C=C/C(O)C(COP(=O)(O)OCC[N+](C)(C)C)NC(=O)CCCCCCCCCCCCCCCCC/C=C\CCCCCCCCCCCCCC. The van der Waals surface area contributed by atoms with Gasteiger partial charge in [-0.25, -0.2) is 4.57 Å². The summed E-state index contributed by atoms with van der Waals surface area (Å²) in [5.41, 5.74) is 0. The molecule has 8 nitrogen and oxygen atoms in total. The highest BCUT2D eigenvalue weighted by Crippen LogP contribution is 2.43. The largest absolute Gasteiger partial charge is 0.472 e. The van der Waals surface area contributed by atoms with Crippen LogP contribution in [0.15, 0.2) is 48.6 Å². The molecule has 0 aromatic rings. The number of phosphoric acid groups is 1. The first-order valence-corrected chi connectivity index (χ1v) is 27.5. The molecule has 364 valence electrons. The van der Waals surface area contributed by atoms with Crippen molar-refractivity contribution in [2.24, 2.45) is 0 Å². The van der Waals surface area contributed by atoms with E-state index in [9.17, 15) is 19.4 Å². The van der Waals surface area contributed by atoms with Crippen LogP contribution in [0.2, 0.25) is 0 Å². The van der Waals surface area contributed by atoms with E-state index in [0.29, 0.717) is 17.4 Å². The van der Waals surface area contributed by atoms with Crippen molar-refractivity contribution < 1.29 is 32.9 Å². The lowest BCUT2D eigenvalue weighted by molar-refractivity contribution is -0.870. The monoisotopic (exact) mass is 894 g/mol. The van der Waals surface area contributed by atoms with Crippen molar-refractivity contribution in [2.75, 3.05) is 40.9 Å². The second-order valence-electron chi connectivity index (χ2n) is 18.9. The summed E-state index contributed by atoms with van der Waals surface area (Å²) in [6.45, 7) is 4.56. The Balaban J connectivity index is 3.97. The molecule has 0 radical (unpaired) electrons. The van der Waals surface area contributed by atoms with Gasteiger partial charge in [0.2, 0.25) is 5.91 Å². The second-order valence-corrected chi connectivity index (χ2v) is 20.3. The average molecular weight is 894 g/mol.